The molecule has 0 aliphatic heterocycles. The van der Waals surface area contributed by atoms with Gasteiger partial charge in [-0.15, -0.1) is 0 Å². The molecule has 1 aromatic carbocycles. The van der Waals surface area contributed by atoms with Crippen LogP contribution in [-0.4, -0.2) is 17.4 Å². The number of hydrogen-bond acceptors (Lipinski definition) is 3. The van der Waals surface area contributed by atoms with E-state index < -0.39 is 11.4 Å². The summed E-state index contributed by atoms with van der Waals surface area (Å²) >= 11 is 0. The second kappa shape index (κ2) is 4.97. The van der Waals surface area contributed by atoms with Crippen molar-refractivity contribution in [3.8, 4) is 0 Å². The van der Waals surface area contributed by atoms with Crippen LogP contribution in [-0.2, 0) is 4.79 Å². The first-order valence-corrected chi connectivity index (χ1v) is 5.27. The monoisotopic (exact) mass is 235 g/mol. The Morgan fingerprint density at radius 3 is 2.18 bits per heavy atom. The zero-order valence-corrected chi connectivity index (χ0v) is 10.2. The van der Waals surface area contributed by atoms with Crippen molar-refractivity contribution in [2.75, 3.05) is 0 Å². The molecule has 0 unspecified atom stereocenters. The van der Waals surface area contributed by atoms with Crippen molar-refractivity contribution in [3.05, 3.63) is 35.4 Å². The molecular formula is C12H17N3O2. The summed E-state index contributed by atoms with van der Waals surface area (Å²) in [6, 6.07) is 7.10. The van der Waals surface area contributed by atoms with Gasteiger partial charge < -0.3 is 5.32 Å². The van der Waals surface area contributed by atoms with Crippen LogP contribution < -0.4 is 16.6 Å². The highest BCUT2D eigenvalue weighted by atomic mass is 16.2. The van der Waals surface area contributed by atoms with Gasteiger partial charge in [0.1, 0.15) is 5.54 Å². The Hall–Kier alpha value is -1.88. The van der Waals surface area contributed by atoms with Gasteiger partial charge in [0, 0.05) is 5.56 Å². The topological polar surface area (TPSA) is 84.2 Å². The summed E-state index contributed by atoms with van der Waals surface area (Å²) in [5.41, 5.74) is 2.55. The predicted octanol–water partition coefficient (Wildman–Crippen LogP) is 0.493. The highest BCUT2D eigenvalue weighted by Crippen LogP contribution is 2.07. The summed E-state index contributed by atoms with van der Waals surface area (Å²) in [5, 5.41) is 2.61. The summed E-state index contributed by atoms with van der Waals surface area (Å²) in [6.45, 7) is 5.11. The third-order valence-electron chi connectivity index (χ3n) is 2.44. The van der Waals surface area contributed by atoms with Crippen LogP contribution in [0.4, 0.5) is 0 Å². The van der Waals surface area contributed by atoms with Gasteiger partial charge in [0.25, 0.3) is 11.8 Å². The average Bonchev–Trinajstić information content (AvgIpc) is 2.28. The number of nitrogens with one attached hydrogen (secondary N) is 2. The molecule has 0 saturated heterocycles. The van der Waals surface area contributed by atoms with E-state index in [1.807, 2.05) is 24.5 Å². The lowest BCUT2D eigenvalue weighted by atomic mass is 10.0. The second-order valence-corrected chi connectivity index (χ2v) is 4.42. The van der Waals surface area contributed by atoms with Gasteiger partial charge in [-0.2, -0.15) is 0 Å². The molecule has 5 nitrogen and oxygen atoms in total. The molecule has 0 fully saturated rings. The standard InChI is InChI=1S/C12H17N3O2/c1-8-4-6-9(7-5-8)10(16)14-12(2,3)11(17)15-13/h4-7H,13H2,1-3H3,(H,14,16)(H,15,17). The second-order valence-electron chi connectivity index (χ2n) is 4.42. The minimum Gasteiger partial charge on any atom is -0.338 e. The molecule has 0 bridgehead atoms. The molecule has 1 aromatic rings. The maximum atomic E-state index is 11.9. The van der Waals surface area contributed by atoms with Gasteiger partial charge in [-0.3, -0.25) is 15.0 Å². The van der Waals surface area contributed by atoms with E-state index in [0.717, 1.165) is 5.56 Å². The molecule has 1 rings (SSSR count). The van der Waals surface area contributed by atoms with Crippen LogP contribution in [0.1, 0.15) is 29.8 Å². The first-order chi connectivity index (χ1) is 7.86. The molecule has 92 valence electrons. The maximum absolute atomic E-state index is 11.9. The largest absolute Gasteiger partial charge is 0.338 e. The van der Waals surface area contributed by atoms with E-state index in [1.165, 1.54) is 0 Å². The lowest BCUT2D eigenvalue weighted by Gasteiger charge is -2.23. The van der Waals surface area contributed by atoms with Crippen molar-refractivity contribution >= 4 is 11.8 Å². The van der Waals surface area contributed by atoms with Crippen LogP contribution in [0.3, 0.4) is 0 Å². The van der Waals surface area contributed by atoms with Gasteiger partial charge in [0.15, 0.2) is 0 Å². The third kappa shape index (κ3) is 3.29. The van der Waals surface area contributed by atoms with Crippen LogP contribution in [0.2, 0.25) is 0 Å². The summed E-state index contributed by atoms with van der Waals surface area (Å²) < 4.78 is 0. The molecule has 17 heavy (non-hydrogen) atoms. The first kappa shape index (κ1) is 13.2. The van der Waals surface area contributed by atoms with E-state index in [-0.39, 0.29) is 5.91 Å². The molecule has 5 heteroatoms. The van der Waals surface area contributed by atoms with Crippen molar-refractivity contribution in [3.63, 3.8) is 0 Å². The zero-order valence-electron chi connectivity index (χ0n) is 10.2. The molecule has 4 N–H and O–H groups in total. The highest BCUT2D eigenvalue weighted by molar-refractivity contribution is 5.98. The number of nitrogens with two attached hydrogens (primary N) is 1. The SMILES string of the molecule is Cc1ccc(C(=O)NC(C)(C)C(=O)NN)cc1. The van der Waals surface area contributed by atoms with Crippen LogP contribution in [0.15, 0.2) is 24.3 Å². The van der Waals surface area contributed by atoms with Crippen LogP contribution in [0, 0.1) is 6.92 Å². The van der Waals surface area contributed by atoms with E-state index in [4.69, 9.17) is 5.84 Å². The van der Waals surface area contributed by atoms with E-state index in [2.05, 4.69) is 5.32 Å². The fourth-order valence-electron chi connectivity index (χ4n) is 1.30. The zero-order chi connectivity index (χ0) is 13.1. The summed E-state index contributed by atoms with van der Waals surface area (Å²) in [4.78, 5) is 23.3. The maximum Gasteiger partial charge on any atom is 0.259 e. The molecule has 0 atom stereocenters. The number of hydrazine groups is 1. The summed E-state index contributed by atoms with van der Waals surface area (Å²) in [5.74, 6) is 4.29. The summed E-state index contributed by atoms with van der Waals surface area (Å²) in [7, 11) is 0. The quantitative estimate of drug-likeness (QED) is 0.405. The Bertz CT molecular complexity index is 424. The first-order valence-electron chi connectivity index (χ1n) is 5.27. The van der Waals surface area contributed by atoms with Gasteiger partial charge >= 0.3 is 0 Å². The fraction of sp³-hybridized carbons (Fsp3) is 0.333. The van der Waals surface area contributed by atoms with Crippen molar-refractivity contribution in [2.45, 2.75) is 26.3 Å². The number of hydrogen-bond donors (Lipinski definition) is 3. The molecule has 0 heterocycles. The Kier molecular flexibility index (Phi) is 3.85. The van der Waals surface area contributed by atoms with E-state index >= 15 is 0 Å². The Morgan fingerprint density at radius 1 is 1.18 bits per heavy atom. The van der Waals surface area contributed by atoms with Crippen molar-refractivity contribution < 1.29 is 9.59 Å². The van der Waals surface area contributed by atoms with Crippen molar-refractivity contribution in [2.24, 2.45) is 5.84 Å². The van der Waals surface area contributed by atoms with Gasteiger partial charge in [-0.25, -0.2) is 5.84 Å². The minimum absolute atomic E-state index is 0.307. The molecule has 0 radical (unpaired) electrons. The molecule has 2 amide bonds. The number of amides is 2. The van der Waals surface area contributed by atoms with E-state index in [1.54, 1.807) is 26.0 Å². The predicted molar refractivity (Wildman–Crippen MR) is 65.1 cm³/mol. The molecule has 0 aliphatic rings. The molecular weight excluding hydrogens is 218 g/mol. The number of aryl methyl sites for hydroxylation is 1. The smallest absolute Gasteiger partial charge is 0.259 e. The van der Waals surface area contributed by atoms with Crippen LogP contribution in [0.5, 0.6) is 0 Å². The van der Waals surface area contributed by atoms with Gasteiger partial charge in [0.05, 0.1) is 0 Å². The van der Waals surface area contributed by atoms with Gasteiger partial charge in [-0.05, 0) is 32.9 Å². The third-order valence-corrected chi connectivity index (χ3v) is 2.44. The lowest BCUT2D eigenvalue weighted by molar-refractivity contribution is -0.126. The lowest BCUT2D eigenvalue weighted by Crippen LogP contribution is -2.56. The number of carbonyl (C=O) groups is 2. The van der Waals surface area contributed by atoms with Crippen molar-refractivity contribution in [1.82, 2.24) is 10.7 Å². The number of rotatable bonds is 3. The highest BCUT2D eigenvalue weighted by Gasteiger charge is 2.28. The number of benzene rings is 1. The molecule has 0 aliphatic carbocycles. The normalized spacial score (nSPS) is 10.8. The van der Waals surface area contributed by atoms with Crippen molar-refractivity contribution in [1.29, 1.82) is 0 Å². The molecule has 0 saturated carbocycles. The Balaban J connectivity index is 2.79. The fourth-order valence-corrected chi connectivity index (χ4v) is 1.30. The van der Waals surface area contributed by atoms with Gasteiger partial charge in [0.2, 0.25) is 0 Å². The Labute approximate surface area is 100 Å². The molecule has 0 aromatic heterocycles. The summed E-state index contributed by atoms with van der Waals surface area (Å²) in [6.07, 6.45) is 0. The van der Waals surface area contributed by atoms with Crippen LogP contribution in [0.25, 0.3) is 0 Å². The molecule has 0 spiro atoms. The Morgan fingerprint density at radius 2 is 1.71 bits per heavy atom. The van der Waals surface area contributed by atoms with E-state index in [0.29, 0.717) is 5.56 Å². The van der Waals surface area contributed by atoms with E-state index in [9.17, 15) is 9.59 Å². The minimum atomic E-state index is -1.04. The number of carbonyl (C=O) groups excluding carboxylic acids is 2. The van der Waals surface area contributed by atoms with Gasteiger partial charge in [-0.1, -0.05) is 17.7 Å². The van der Waals surface area contributed by atoms with Crippen LogP contribution >= 0.6 is 0 Å². The average molecular weight is 235 g/mol.